The Balaban J connectivity index is 2.39. The molecule has 0 radical (unpaired) electrons. The number of hydrogen-bond donors (Lipinski definition) is 1. The van der Waals surface area contributed by atoms with Gasteiger partial charge in [-0.25, -0.2) is 0 Å². The molecule has 0 atom stereocenters. The molecule has 1 aliphatic rings. The molecule has 1 aromatic carbocycles. The zero-order valence-electron chi connectivity index (χ0n) is 12.9. The van der Waals surface area contributed by atoms with Crippen LogP contribution in [0.3, 0.4) is 0 Å². The normalized spacial score (nSPS) is 17.2. The molecule has 0 aromatic heterocycles. The van der Waals surface area contributed by atoms with E-state index in [4.69, 9.17) is 18.0 Å². The fraction of sp³-hybridized carbons (Fsp3) is 0.529. The lowest BCUT2D eigenvalue weighted by Gasteiger charge is -2.39. The van der Waals surface area contributed by atoms with Gasteiger partial charge in [0.05, 0.1) is 10.4 Å². The summed E-state index contributed by atoms with van der Waals surface area (Å²) in [6.07, 6.45) is 4.77. The third-order valence-electron chi connectivity index (χ3n) is 4.56. The van der Waals surface area contributed by atoms with E-state index in [1.807, 2.05) is 43.0 Å². The Kier molecular flexibility index (Phi) is 4.99. The fourth-order valence-corrected chi connectivity index (χ4v) is 3.56. The van der Waals surface area contributed by atoms with E-state index in [1.54, 1.807) is 0 Å². The van der Waals surface area contributed by atoms with Crippen molar-refractivity contribution >= 4 is 28.8 Å². The first-order chi connectivity index (χ1) is 10.0. The van der Waals surface area contributed by atoms with Crippen LogP contribution in [-0.2, 0) is 4.79 Å². The van der Waals surface area contributed by atoms with Crippen LogP contribution in [0, 0.1) is 12.3 Å². The highest BCUT2D eigenvalue weighted by atomic mass is 32.1. The van der Waals surface area contributed by atoms with Gasteiger partial charge in [0.1, 0.15) is 0 Å². The molecule has 1 amide bonds. The SMILES string of the molecule is CCN(C(=O)C1(C(N)=S)CCCCC1)c1ccccc1C. The number of hydrogen-bond acceptors (Lipinski definition) is 2. The van der Waals surface area contributed by atoms with E-state index in [-0.39, 0.29) is 5.91 Å². The highest BCUT2D eigenvalue weighted by molar-refractivity contribution is 7.80. The molecule has 1 fully saturated rings. The lowest BCUT2D eigenvalue weighted by molar-refractivity contribution is -0.126. The average Bonchev–Trinajstić information content (AvgIpc) is 2.50. The second kappa shape index (κ2) is 6.56. The number of carbonyl (C=O) groups excluding carboxylic acids is 1. The first kappa shape index (κ1) is 16.0. The number of rotatable bonds is 4. The third-order valence-corrected chi connectivity index (χ3v) is 4.95. The molecule has 1 aromatic rings. The van der Waals surface area contributed by atoms with Crippen LogP contribution >= 0.6 is 12.2 Å². The van der Waals surface area contributed by atoms with E-state index >= 15 is 0 Å². The molecular formula is C17H24N2OS. The number of aryl methyl sites for hydroxylation is 1. The smallest absolute Gasteiger partial charge is 0.240 e. The molecule has 4 heteroatoms. The van der Waals surface area contributed by atoms with Crippen molar-refractivity contribution in [2.24, 2.45) is 11.1 Å². The summed E-state index contributed by atoms with van der Waals surface area (Å²) in [4.78, 5) is 15.4. The summed E-state index contributed by atoms with van der Waals surface area (Å²) in [6.45, 7) is 4.66. The Bertz CT molecular complexity index is 535. The molecular weight excluding hydrogens is 280 g/mol. The van der Waals surface area contributed by atoms with Gasteiger partial charge in [-0.15, -0.1) is 0 Å². The molecule has 2 N–H and O–H groups in total. The number of nitrogens with zero attached hydrogens (tertiary/aromatic N) is 1. The number of nitrogens with two attached hydrogens (primary N) is 1. The summed E-state index contributed by atoms with van der Waals surface area (Å²) in [5, 5.41) is 0. The van der Waals surface area contributed by atoms with Crippen LogP contribution in [0.15, 0.2) is 24.3 Å². The Labute approximate surface area is 132 Å². The van der Waals surface area contributed by atoms with Crippen LogP contribution in [0.25, 0.3) is 0 Å². The molecule has 114 valence electrons. The van der Waals surface area contributed by atoms with Gasteiger partial charge in [-0.1, -0.05) is 49.7 Å². The van der Waals surface area contributed by atoms with Crippen LogP contribution in [0.2, 0.25) is 0 Å². The van der Waals surface area contributed by atoms with E-state index in [9.17, 15) is 4.79 Å². The van der Waals surface area contributed by atoms with Crippen molar-refractivity contribution in [3.05, 3.63) is 29.8 Å². The lowest BCUT2D eigenvalue weighted by Crippen LogP contribution is -2.52. The van der Waals surface area contributed by atoms with Gasteiger partial charge in [-0.05, 0) is 38.3 Å². The first-order valence-corrected chi connectivity index (χ1v) is 8.11. The zero-order valence-corrected chi connectivity index (χ0v) is 13.7. The van der Waals surface area contributed by atoms with Crippen molar-refractivity contribution in [3.8, 4) is 0 Å². The summed E-state index contributed by atoms with van der Waals surface area (Å²) in [6, 6.07) is 7.97. The second-order valence-electron chi connectivity index (χ2n) is 5.84. The molecule has 0 aliphatic heterocycles. The second-order valence-corrected chi connectivity index (χ2v) is 6.28. The fourth-order valence-electron chi connectivity index (χ4n) is 3.27. The van der Waals surface area contributed by atoms with Gasteiger partial charge in [0.15, 0.2) is 0 Å². The number of anilines is 1. The summed E-state index contributed by atoms with van der Waals surface area (Å²) in [7, 11) is 0. The van der Waals surface area contributed by atoms with E-state index in [1.165, 1.54) is 0 Å². The third kappa shape index (κ3) is 2.95. The molecule has 0 heterocycles. The molecule has 3 nitrogen and oxygen atoms in total. The van der Waals surface area contributed by atoms with Gasteiger partial charge in [0.25, 0.3) is 0 Å². The molecule has 0 spiro atoms. The topological polar surface area (TPSA) is 46.3 Å². The summed E-state index contributed by atoms with van der Waals surface area (Å²) < 4.78 is 0. The maximum absolute atomic E-state index is 13.2. The van der Waals surface area contributed by atoms with Crippen molar-refractivity contribution in [2.45, 2.75) is 46.0 Å². The van der Waals surface area contributed by atoms with Gasteiger partial charge in [-0.2, -0.15) is 0 Å². The van der Waals surface area contributed by atoms with Crippen LogP contribution in [-0.4, -0.2) is 17.4 Å². The minimum atomic E-state index is -0.647. The number of thiocarbonyl (C=S) groups is 1. The summed E-state index contributed by atoms with van der Waals surface area (Å²) in [5.41, 5.74) is 7.41. The molecule has 0 saturated heterocycles. The molecule has 2 rings (SSSR count). The van der Waals surface area contributed by atoms with Crippen molar-refractivity contribution in [2.75, 3.05) is 11.4 Å². The highest BCUT2D eigenvalue weighted by Crippen LogP contribution is 2.39. The standard InChI is InChI=1S/C17H24N2OS/c1-3-19(14-10-6-5-9-13(14)2)16(20)17(15(18)21)11-7-4-8-12-17/h5-6,9-10H,3-4,7-8,11-12H2,1-2H3,(H2,18,21). The Morgan fingerprint density at radius 1 is 1.29 bits per heavy atom. The largest absolute Gasteiger partial charge is 0.392 e. The van der Waals surface area contributed by atoms with Gasteiger partial charge in [-0.3, -0.25) is 4.79 Å². The van der Waals surface area contributed by atoms with Gasteiger partial charge in [0.2, 0.25) is 5.91 Å². The van der Waals surface area contributed by atoms with Gasteiger partial charge in [0, 0.05) is 12.2 Å². The van der Waals surface area contributed by atoms with Crippen molar-refractivity contribution in [1.82, 2.24) is 0 Å². The highest BCUT2D eigenvalue weighted by Gasteiger charge is 2.44. The lowest BCUT2D eigenvalue weighted by atomic mass is 9.72. The van der Waals surface area contributed by atoms with E-state index in [2.05, 4.69) is 0 Å². The van der Waals surface area contributed by atoms with Gasteiger partial charge >= 0.3 is 0 Å². The van der Waals surface area contributed by atoms with Crippen molar-refractivity contribution < 1.29 is 4.79 Å². The number of carbonyl (C=O) groups is 1. The Hall–Kier alpha value is -1.42. The van der Waals surface area contributed by atoms with Crippen LogP contribution in [0.4, 0.5) is 5.69 Å². The maximum Gasteiger partial charge on any atom is 0.240 e. The van der Waals surface area contributed by atoms with Crippen LogP contribution in [0.1, 0.15) is 44.6 Å². The molecule has 21 heavy (non-hydrogen) atoms. The van der Waals surface area contributed by atoms with Crippen molar-refractivity contribution in [3.63, 3.8) is 0 Å². The Morgan fingerprint density at radius 2 is 1.90 bits per heavy atom. The number of para-hydroxylation sites is 1. The maximum atomic E-state index is 13.2. The van der Waals surface area contributed by atoms with E-state index in [0.717, 1.165) is 43.4 Å². The van der Waals surface area contributed by atoms with Gasteiger partial charge < -0.3 is 10.6 Å². The predicted molar refractivity (Wildman–Crippen MR) is 91.5 cm³/mol. The Morgan fingerprint density at radius 3 is 2.43 bits per heavy atom. The molecule has 1 aliphatic carbocycles. The van der Waals surface area contributed by atoms with Crippen LogP contribution < -0.4 is 10.6 Å². The molecule has 0 unspecified atom stereocenters. The quantitative estimate of drug-likeness (QED) is 0.865. The zero-order chi connectivity index (χ0) is 15.5. The average molecular weight is 304 g/mol. The minimum absolute atomic E-state index is 0.0755. The van der Waals surface area contributed by atoms with Crippen molar-refractivity contribution in [1.29, 1.82) is 0 Å². The van der Waals surface area contributed by atoms with E-state index in [0.29, 0.717) is 11.5 Å². The molecule has 1 saturated carbocycles. The number of amides is 1. The minimum Gasteiger partial charge on any atom is -0.392 e. The summed E-state index contributed by atoms with van der Waals surface area (Å²) in [5.74, 6) is 0.0755. The molecule has 0 bridgehead atoms. The first-order valence-electron chi connectivity index (χ1n) is 7.70. The monoisotopic (exact) mass is 304 g/mol. The van der Waals surface area contributed by atoms with Crippen LogP contribution in [0.5, 0.6) is 0 Å². The van der Waals surface area contributed by atoms with E-state index < -0.39 is 5.41 Å². The summed E-state index contributed by atoms with van der Waals surface area (Å²) >= 11 is 5.28. The predicted octanol–water partition coefficient (Wildman–Crippen LogP) is 3.58. The number of benzene rings is 1.